The summed E-state index contributed by atoms with van der Waals surface area (Å²) >= 11 is 0. The molecule has 0 aromatic heterocycles. The van der Waals surface area contributed by atoms with Crippen LogP contribution in [-0.4, -0.2) is 12.5 Å². The number of nitrogens with one attached hydrogen (secondary N) is 1. The molecule has 0 radical (unpaired) electrons. The van der Waals surface area contributed by atoms with E-state index in [9.17, 15) is 4.79 Å². The van der Waals surface area contributed by atoms with Crippen molar-refractivity contribution < 1.29 is 4.79 Å². The minimum Gasteiger partial charge on any atom is -0.398 e. The first kappa shape index (κ1) is 14.6. The molecule has 1 rings (SSSR count). The summed E-state index contributed by atoms with van der Waals surface area (Å²) in [4.78, 5) is 12.0. The summed E-state index contributed by atoms with van der Waals surface area (Å²) < 4.78 is 0. The first-order valence-electron chi connectivity index (χ1n) is 6.65. The molecule has 0 aliphatic carbocycles. The fourth-order valence-electron chi connectivity index (χ4n) is 1.97. The molecule has 0 spiro atoms. The Morgan fingerprint density at radius 2 is 2.06 bits per heavy atom. The molecular formula is C15H24N2O. The second-order valence-corrected chi connectivity index (χ2v) is 5.18. The van der Waals surface area contributed by atoms with Crippen molar-refractivity contribution >= 4 is 11.6 Å². The van der Waals surface area contributed by atoms with Crippen molar-refractivity contribution in [1.82, 2.24) is 5.32 Å². The number of carbonyl (C=O) groups is 1. The molecule has 0 aliphatic rings. The molecule has 1 aromatic carbocycles. The number of rotatable bonds is 6. The van der Waals surface area contributed by atoms with Crippen LogP contribution in [0, 0.1) is 12.8 Å². The number of anilines is 1. The molecule has 0 saturated heterocycles. The Kier molecular flexibility index (Phi) is 5.69. The van der Waals surface area contributed by atoms with Crippen molar-refractivity contribution in [3.63, 3.8) is 0 Å². The molecular weight excluding hydrogens is 224 g/mol. The molecule has 0 fully saturated rings. The van der Waals surface area contributed by atoms with Gasteiger partial charge in [-0.15, -0.1) is 0 Å². The number of benzene rings is 1. The van der Waals surface area contributed by atoms with Gasteiger partial charge >= 0.3 is 0 Å². The lowest BCUT2D eigenvalue weighted by Gasteiger charge is -2.10. The van der Waals surface area contributed by atoms with Crippen LogP contribution < -0.4 is 11.1 Å². The standard InChI is InChI=1S/C15H24N2O/c1-11(2)7-4-5-10-17-15(18)14-12(3)8-6-9-13(14)16/h6,8-9,11H,4-5,7,10,16H2,1-3H3,(H,17,18). The molecule has 0 heterocycles. The number of nitrogens with two attached hydrogens (primary N) is 1. The minimum absolute atomic E-state index is 0.0600. The van der Waals surface area contributed by atoms with Gasteiger partial charge in [-0.1, -0.05) is 38.8 Å². The third-order valence-electron chi connectivity index (χ3n) is 3.03. The number of amides is 1. The van der Waals surface area contributed by atoms with Crippen molar-refractivity contribution in [3.05, 3.63) is 29.3 Å². The largest absolute Gasteiger partial charge is 0.398 e. The van der Waals surface area contributed by atoms with Gasteiger partial charge in [0.1, 0.15) is 0 Å². The average Bonchev–Trinajstić information content (AvgIpc) is 2.27. The van der Waals surface area contributed by atoms with Gasteiger partial charge in [0.05, 0.1) is 5.56 Å². The van der Waals surface area contributed by atoms with E-state index in [0.29, 0.717) is 11.3 Å². The normalized spacial score (nSPS) is 10.7. The van der Waals surface area contributed by atoms with Crippen LogP contribution in [0.4, 0.5) is 5.69 Å². The van der Waals surface area contributed by atoms with Gasteiger partial charge in [0.2, 0.25) is 0 Å². The van der Waals surface area contributed by atoms with Crippen LogP contribution in [-0.2, 0) is 0 Å². The molecule has 3 nitrogen and oxygen atoms in total. The zero-order valence-corrected chi connectivity index (χ0v) is 11.6. The van der Waals surface area contributed by atoms with Crippen molar-refractivity contribution in [3.8, 4) is 0 Å². The van der Waals surface area contributed by atoms with Crippen molar-refractivity contribution in [2.45, 2.75) is 40.0 Å². The second-order valence-electron chi connectivity index (χ2n) is 5.18. The predicted molar refractivity (Wildman–Crippen MR) is 76.6 cm³/mol. The van der Waals surface area contributed by atoms with Crippen molar-refractivity contribution in [1.29, 1.82) is 0 Å². The number of nitrogen functional groups attached to an aromatic ring is 1. The number of aryl methyl sites for hydroxylation is 1. The summed E-state index contributed by atoms with van der Waals surface area (Å²) in [6, 6.07) is 5.54. The van der Waals surface area contributed by atoms with E-state index in [1.54, 1.807) is 6.07 Å². The topological polar surface area (TPSA) is 55.1 Å². The molecule has 0 atom stereocenters. The molecule has 1 amide bonds. The van der Waals surface area contributed by atoms with Gasteiger partial charge in [-0.3, -0.25) is 4.79 Å². The lowest BCUT2D eigenvalue weighted by Crippen LogP contribution is -2.26. The van der Waals surface area contributed by atoms with E-state index in [-0.39, 0.29) is 5.91 Å². The summed E-state index contributed by atoms with van der Waals surface area (Å²) in [5.41, 5.74) is 7.92. The van der Waals surface area contributed by atoms with E-state index < -0.39 is 0 Å². The van der Waals surface area contributed by atoms with Gasteiger partial charge in [0, 0.05) is 12.2 Å². The predicted octanol–water partition coefficient (Wildman–Crippen LogP) is 3.13. The molecule has 1 aromatic rings. The Balaban J connectivity index is 2.41. The first-order valence-corrected chi connectivity index (χ1v) is 6.65. The van der Waals surface area contributed by atoms with Gasteiger partial charge in [-0.2, -0.15) is 0 Å². The van der Waals surface area contributed by atoms with Crippen LogP contribution in [0.3, 0.4) is 0 Å². The highest BCUT2D eigenvalue weighted by Crippen LogP contribution is 2.15. The van der Waals surface area contributed by atoms with Gasteiger partial charge < -0.3 is 11.1 Å². The maximum absolute atomic E-state index is 12.0. The summed E-state index contributed by atoms with van der Waals surface area (Å²) in [6.07, 6.45) is 3.39. The number of hydrogen-bond donors (Lipinski definition) is 2. The van der Waals surface area contributed by atoms with Crippen LogP contribution in [0.15, 0.2) is 18.2 Å². The maximum atomic E-state index is 12.0. The fourth-order valence-corrected chi connectivity index (χ4v) is 1.97. The van der Waals surface area contributed by atoms with E-state index in [2.05, 4.69) is 19.2 Å². The molecule has 0 bridgehead atoms. The van der Waals surface area contributed by atoms with E-state index in [4.69, 9.17) is 5.73 Å². The minimum atomic E-state index is -0.0600. The second kappa shape index (κ2) is 7.04. The van der Waals surface area contributed by atoms with Crippen LogP contribution >= 0.6 is 0 Å². The quantitative estimate of drug-likeness (QED) is 0.600. The third kappa shape index (κ3) is 4.40. The SMILES string of the molecule is Cc1cccc(N)c1C(=O)NCCCCC(C)C. The highest BCUT2D eigenvalue weighted by Gasteiger charge is 2.11. The Bertz CT molecular complexity index is 379. The number of carbonyl (C=O) groups excluding carboxylic acids is 1. The summed E-state index contributed by atoms with van der Waals surface area (Å²) in [6.45, 7) is 7.06. The molecule has 3 N–H and O–H groups in total. The molecule has 0 saturated carbocycles. The van der Waals surface area contributed by atoms with Gasteiger partial charge in [-0.25, -0.2) is 0 Å². The van der Waals surface area contributed by atoms with Crippen LogP contribution in [0.25, 0.3) is 0 Å². The number of hydrogen-bond acceptors (Lipinski definition) is 2. The first-order chi connectivity index (χ1) is 8.52. The highest BCUT2D eigenvalue weighted by molar-refractivity contribution is 6.00. The molecule has 0 aliphatic heterocycles. The smallest absolute Gasteiger partial charge is 0.253 e. The number of unbranched alkanes of at least 4 members (excludes halogenated alkanes) is 1. The van der Waals surface area contributed by atoms with Crippen molar-refractivity contribution in [2.75, 3.05) is 12.3 Å². The molecule has 0 unspecified atom stereocenters. The highest BCUT2D eigenvalue weighted by atomic mass is 16.1. The summed E-state index contributed by atoms with van der Waals surface area (Å²) in [5, 5.41) is 2.94. The lowest BCUT2D eigenvalue weighted by molar-refractivity contribution is 0.0953. The third-order valence-corrected chi connectivity index (χ3v) is 3.03. The average molecular weight is 248 g/mol. The fraction of sp³-hybridized carbons (Fsp3) is 0.533. The maximum Gasteiger partial charge on any atom is 0.253 e. The Labute approximate surface area is 110 Å². The van der Waals surface area contributed by atoms with Gasteiger partial charge in [-0.05, 0) is 30.9 Å². The summed E-state index contributed by atoms with van der Waals surface area (Å²) in [5.74, 6) is 0.669. The lowest BCUT2D eigenvalue weighted by atomic mass is 10.1. The summed E-state index contributed by atoms with van der Waals surface area (Å²) in [7, 11) is 0. The van der Waals surface area contributed by atoms with Crippen LogP contribution in [0.1, 0.15) is 49.0 Å². The van der Waals surface area contributed by atoms with Crippen LogP contribution in [0.5, 0.6) is 0 Å². The van der Waals surface area contributed by atoms with Gasteiger partial charge in [0.15, 0.2) is 0 Å². The van der Waals surface area contributed by atoms with E-state index in [0.717, 1.165) is 30.9 Å². The molecule has 18 heavy (non-hydrogen) atoms. The van der Waals surface area contributed by atoms with Crippen molar-refractivity contribution in [2.24, 2.45) is 5.92 Å². The van der Waals surface area contributed by atoms with Crippen LogP contribution in [0.2, 0.25) is 0 Å². The van der Waals surface area contributed by atoms with E-state index in [1.807, 2.05) is 19.1 Å². The molecule has 100 valence electrons. The zero-order valence-electron chi connectivity index (χ0n) is 11.6. The zero-order chi connectivity index (χ0) is 13.5. The van der Waals surface area contributed by atoms with E-state index in [1.165, 1.54) is 6.42 Å². The Hall–Kier alpha value is -1.51. The monoisotopic (exact) mass is 248 g/mol. The Morgan fingerprint density at radius 3 is 2.67 bits per heavy atom. The van der Waals surface area contributed by atoms with E-state index >= 15 is 0 Å². The molecule has 3 heteroatoms. The Morgan fingerprint density at radius 1 is 1.33 bits per heavy atom. The van der Waals surface area contributed by atoms with Gasteiger partial charge in [0.25, 0.3) is 5.91 Å².